The Kier molecular flexibility index (Phi) is 56.1. The van der Waals surface area contributed by atoms with Crippen molar-refractivity contribution in [3.8, 4) is 0 Å². The number of quaternary nitrogens is 1. The minimum absolute atomic E-state index is 0.0304. The maximum Gasteiger partial charge on any atom is 0.472 e. The molecule has 2 unspecified atom stereocenters. The van der Waals surface area contributed by atoms with Crippen LogP contribution in [0.5, 0.6) is 0 Å². The number of unbranched alkanes of at least 4 members (excludes halogenated alkanes) is 38. The fraction of sp³-hybridized carbons (Fsp3) is 0.848. The lowest BCUT2D eigenvalue weighted by Crippen LogP contribution is -2.37. The van der Waals surface area contributed by atoms with E-state index >= 15 is 0 Å². The number of esters is 2. The summed E-state index contributed by atoms with van der Waals surface area (Å²) in [5.74, 6) is -0.803. The first-order valence-electron chi connectivity index (χ1n) is 32.4. The molecule has 0 aromatic heterocycles. The summed E-state index contributed by atoms with van der Waals surface area (Å²) in [5, 5.41) is 0. The van der Waals surface area contributed by atoms with Crippen molar-refractivity contribution in [1.29, 1.82) is 0 Å². The highest BCUT2D eigenvalue weighted by molar-refractivity contribution is 7.47. The van der Waals surface area contributed by atoms with E-state index in [-0.39, 0.29) is 32.0 Å². The Bertz CT molecular complexity index is 1420. The van der Waals surface area contributed by atoms with Gasteiger partial charge in [-0.1, -0.05) is 274 Å². The minimum atomic E-state index is -4.39. The van der Waals surface area contributed by atoms with Crippen LogP contribution in [0, 0.1) is 0 Å². The molecule has 0 fully saturated rings. The van der Waals surface area contributed by atoms with Crippen LogP contribution in [0.1, 0.15) is 309 Å². The number of carbonyl (C=O) groups is 2. The van der Waals surface area contributed by atoms with E-state index in [1.54, 1.807) is 0 Å². The maximum absolute atomic E-state index is 12.8. The molecule has 0 radical (unpaired) electrons. The highest BCUT2D eigenvalue weighted by Crippen LogP contribution is 2.43. The minimum Gasteiger partial charge on any atom is -0.462 e. The summed E-state index contributed by atoms with van der Waals surface area (Å²) in [5.41, 5.74) is 0. The van der Waals surface area contributed by atoms with Crippen LogP contribution in [0.3, 0.4) is 0 Å². The van der Waals surface area contributed by atoms with E-state index in [2.05, 4.69) is 62.5 Å². The number of hydrogen-bond donors (Lipinski definition) is 1. The average Bonchev–Trinajstić information content (AvgIpc) is 3.38. The second-order valence-corrected chi connectivity index (χ2v) is 24.6. The standard InChI is InChI=1S/C66H124NO8P/c1-6-8-10-12-14-16-18-20-21-22-23-24-25-26-27-28-29-30-31-32-33-34-35-36-37-38-39-40-41-42-43-44-45-47-49-51-53-55-57-59-66(69)75-64(63-74-76(70,71)73-61-60-67(3,4)5)62-72-65(68)58-56-54-52-50-48-46-19-17-15-13-11-9-7-2/h11,13,17-20,22-23,64H,6-10,12,14-16,21,24-63H2,1-5H3/p+1/b13-11-,19-17-,20-18-,23-22-. The van der Waals surface area contributed by atoms with Gasteiger partial charge in [0.25, 0.3) is 0 Å². The second kappa shape index (κ2) is 57.6. The highest BCUT2D eigenvalue weighted by atomic mass is 31.2. The summed E-state index contributed by atoms with van der Waals surface area (Å²) >= 11 is 0. The average molecular weight is 1090 g/mol. The predicted octanol–water partition coefficient (Wildman–Crippen LogP) is 20.5. The van der Waals surface area contributed by atoms with Crippen molar-refractivity contribution in [1.82, 2.24) is 0 Å². The van der Waals surface area contributed by atoms with Gasteiger partial charge < -0.3 is 18.9 Å². The van der Waals surface area contributed by atoms with Crippen LogP contribution >= 0.6 is 7.82 Å². The zero-order valence-electron chi connectivity index (χ0n) is 50.8. The van der Waals surface area contributed by atoms with Crippen molar-refractivity contribution >= 4 is 19.8 Å². The zero-order chi connectivity index (χ0) is 55.6. The van der Waals surface area contributed by atoms with Crippen molar-refractivity contribution in [2.24, 2.45) is 0 Å². The Morgan fingerprint density at radius 2 is 0.737 bits per heavy atom. The molecule has 0 amide bonds. The van der Waals surface area contributed by atoms with Crippen LogP contribution < -0.4 is 0 Å². The molecule has 2 atom stereocenters. The van der Waals surface area contributed by atoms with Gasteiger partial charge in [0, 0.05) is 12.8 Å². The molecular weight excluding hydrogens is 966 g/mol. The topological polar surface area (TPSA) is 108 Å². The third-order valence-corrected chi connectivity index (χ3v) is 15.3. The number of allylic oxidation sites excluding steroid dienone is 8. The molecule has 0 rings (SSSR count). The molecule has 0 bridgehead atoms. The molecule has 76 heavy (non-hydrogen) atoms. The first kappa shape index (κ1) is 74.0. The summed E-state index contributed by atoms with van der Waals surface area (Å²) in [7, 11) is 1.48. The Morgan fingerprint density at radius 3 is 1.09 bits per heavy atom. The molecule has 0 aromatic carbocycles. The van der Waals surface area contributed by atoms with Gasteiger partial charge in [-0.15, -0.1) is 0 Å². The van der Waals surface area contributed by atoms with Crippen molar-refractivity contribution in [3.05, 3.63) is 48.6 Å². The van der Waals surface area contributed by atoms with E-state index < -0.39 is 26.5 Å². The Hall–Kier alpha value is -2.03. The monoisotopic (exact) mass is 1090 g/mol. The normalized spacial score (nSPS) is 13.5. The summed E-state index contributed by atoms with van der Waals surface area (Å²) in [6.45, 7) is 4.37. The number of phosphoric ester groups is 1. The van der Waals surface area contributed by atoms with E-state index in [1.165, 1.54) is 205 Å². The molecule has 446 valence electrons. The summed E-state index contributed by atoms with van der Waals surface area (Å²) in [6, 6.07) is 0. The number of likely N-dealkylation sites (N-methyl/N-ethyl adjacent to an activating group) is 1. The van der Waals surface area contributed by atoms with Crippen LogP contribution in [-0.2, 0) is 32.7 Å². The van der Waals surface area contributed by atoms with Crippen LogP contribution in [0.25, 0.3) is 0 Å². The Balaban J connectivity index is 3.86. The smallest absolute Gasteiger partial charge is 0.462 e. The molecule has 0 saturated heterocycles. The number of phosphoric acid groups is 1. The fourth-order valence-electron chi connectivity index (χ4n) is 9.32. The molecule has 0 aliphatic rings. The third kappa shape index (κ3) is 61.2. The van der Waals surface area contributed by atoms with Gasteiger partial charge in [0.2, 0.25) is 0 Å². The van der Waals surface area contributed by atoms with E-state index in [0.29, 0.717) is 17.4 Å². The molecule has 0 saturated carbocycles. The molecular formula is C66H125NO8P+. The molecule has 9 nitrogen and oxygen atoms in total. The van der Waals surface area contributed by atoms with Crippen molar-refractivity contribution in [2.75, 3.05) is 47.5 Å². The lowest BCUT2D eigenvalue weighted by atomic mass is 10.0. The SMILES string of the molecule is CCC/C=C\C/C=C\CCCCCCCC(=O)OCC(COP(=O)(O)OCC[N+](C)(C)C)OC(=O)CCCCCCCCCCCCCCCCCCCCCCCCCCCCC/C=C\C/C=C\CCCCCCC. The fourth-order valence-corrected chi connectivity index (χ4v) is 10.1. The molecule has 0 spiro atoms. The molecule has 0 aliphatic carbocycles. The molecule has 1 N–H and O–H groups in total. The zero-order valence-corrected chi connectivity index (χ0v) is 51.6. The van der Waals surface area contributed by atoms with Gasteiger partial charge in [0.05, 0.1) is 27.7 Å². The van der Waals surface area contributed by atoms with Crippen molar-refractivity contribution in [3.63, 3.8) is 0 Å². The molecule has 0 aromatic rings. The quantitative estimate of drug-likeness (QED) is 0.0211. The van der Waals surface area contributed by atoms with Crippen LogP contribution in [-0.4, -0.2) is 74.9 Å². The molecule has 0 heterocycles. The van der Waals surface area contributed by atoms with Gasteiger partial charge >= 0.3 is 19.8 Å². The third-order valence-electron chi connectivity index (χ3n) is 14.3. The lowest BCUT2D eigenvalue weighted by molar-refractivity contribution is -0.870. The number of hydrogen-bond acceptors (Lipinski definition) is 7. The molecule has 0 aliphatic heterocycles. The van der Waals surface area contributed by atoms with Gasteiger partial charge in [-0.2, -0.15) is 0 Å². The number of nitrogens with zero attached hydrogens (tertiary/aromatic N) is 1. The number of carbonyl (C=O) groups excluding carboxylic acids is 2. The first-order chi connectivity index (χ1) is 37.0. The van der Waals surface area contributed by atoms with Crippen LogP contribution in [0.2, 0.25) is 0 Å². The van der Waals surface area contributed by atoms with Gasteiger partial charge in [0.1, 0.15) is 19.8 Å². The maximum atomic E-state index is 12.8. The molecule has 10 heteroatoms. The summed E-state index contributed by atoms with van der Waals surface area (Å²) < 4.78 is 34.5. The summed E-state index contributed by atoms with van der Waals surface area (Å²) in [6.07, 6.45) is 73.8. The van der Waals surface area contributed by atoms with E-state index in [1.807, 2.05) is 21.1 Å². The van der Waals surface area contributed by atoms with E-state index in [4.69, 9.17) is 18.5 Å². The first-order valence-corrected chi connectivity index (χ1v) is 33.9. The predicted molar refractivity (Wildman–Crippen MR) is 326 cm³/mol. The van der Waals surface area contributed by atoms with Crippen LogP contribution in [0.15, 0.2) is 48.6 Å². The summed E-state index contributed by atoms with van der Waals surface area (Å²) in [4.78, 5) is 35.6. The Morgan fingerprint density at radius 1 is 0.408 bits per heavy atom. The van der Waals surface area contributed by atoms with Gasteiger partial charge in [-0.25, -0.2) is 4.57 Å². The van der Waals surface area contributed by atoms with E-state index in [9.17, 15) is 19.0 Å². The van der Waals surface area contributed by atoms with Crippen LogP contribution in [0.4, 0.5) is 0 Å². The number of ether oxygens (including phenoxy) is 2. The van der Waals surface area contributed by atoms with Crippen molar-refractivity contribution in [2.45, 2.75) is 315 Å². The van der Waals surface area contributed by atoms with E-state index in [0.717, 1.165) is 70.6 Å². The largest absolute Gasteiger partial charge is 0.472 e. The van der Waals surface area contributed by atoms with Gasteiger partial charge in [-0.3, -0.25) is 18.6 Å². The second-order valence-electron chi connectivity index (χ2n) is 23.1. The van der Waals surface area contributed by atoms with Gasteiger partial charge in [-0.05, 0) is 70.6 Å². The van der Waals surface area contributed by atoms with Crippen molar-refractivity contribution < 1.29 is 42.1 Å². The Labute approximate surface area is 471 Å². The van der Waals surface area contributed by atoms with Gasteiger partial charge in [0.15, 0.2) is 6.10 Å². The highest BCUT2D eigenvalue weighted by Gasteiger charge is 2.27. The number of rotatable bonds is 60. The lowest BCUT2D eigenvalue weighted by Gasteiger charge is -2.24.